The zero-order valence-electron chi connectivity index (χ0n) is 25.7. The van der Waals surface area contributed by atoms with Crippen LogP contribution in [0.3, 0.4) is 0 Å². The first-order valence-electron chi connectivity index (χ1n) is 13.2. The van der Waals surface area contributed by atoms with Crippen LogP contribution in [0, 0.1) is 50.4 Å². The van der Waals surface area contributed by atoms with E-state index in [1.165, 1.54) is 26.1 Å². The Hall–Kier alpha value is -4.91. The van der Waals surface area contributed by atoms with E-state index in [1.807, 2.05) is 13.0 Å². The normalized spacial score (nSPS) is 11.5. The van der Waals surface area contributed by atoms with Crippen molar-refractivity contribution in [1.82, 2.24) is 9.97 Å². The van der Waals surface area contributed by atoms with E-state index in [0.717, 1.165) is 29.8 Å². The third-order valence-corrected chi connectivity index (χ3v) is 8.87. The number of pyridine rings is 2. The summed E-state index contributed by atoms with van der Waals surface area (Å²) in [5.41, 5.74) is 5.32. The second-order valence-corrected chi connectivity index (χ2v) is 14.3. The number of halogens is 7. The van der Waals surface area contributed by atoms with Crippen molar-refractivity contribution in [2.45, 2.75) is 49.8 Å². The summed E-state index contributed by atoms with van der Waals surface area (Å²) in [5.74, 6) is 0. The average molecular weight is 747 g/mol. The number of aromatic nitrogens is 2. The molecule has 0 aliphatic heterocycles. The van der Waals surface area contributed by atoms with Crippen molar-refractivity contribution in [2.24, 2.45) is 0 Å². The summed E-state index contributed by atoms with van der Waals surface area (Å²) in [6, 6.07) is 12.1. The minimum atomic E-state index is -4.67. The molecule has 3 N–H and O–H groups in total. The first-order chi connectivity index (χ1) is 22.4. The monoisotopic (exact) mass is 746 g/mol. The van der Waals surface area contributed by atoms with Crippen LogP contribution in [0.25, 0.3) is 0 Å². The predicted molar refractivity (Wildman–Crippen MR) is 168 cm³/mol. The van der Waals surface area contributed by atoms with Gasteiger partial charge in [0.05, 0.1) is 32.3 Å². The van der Waals surface area contributed by atoms with Gasteiger partial charge in [0, 0.05) is 23.1 Å². The Bertz CT molecular complexity index is 2160. The molecule has 10 nitrogen and oxygen atoms in total. The molecule has 0 amide bonds. The number of nitrogens with one attached hydrogen (secondary N) is 1. The van der Waals surface area contributed by atoms with Gasteiger partial charge < -0.3 is 5.73 Å². The molecule has 2 heterocycles. The van der Waals surface area contributed by atoms with Gasteiger partial charge in [-0.1, -0.05) is 12.1 Å². The maximum atomic E-state index is 12.9. The number of benzene rings is 2. The Morgan fingerprint density at radius 3 is 1.57 bits per heavy atom. The van der Waals surface area contributed by atoms with Crippen LogP contribution >= 0.6 is 10.7 Å². The van der Waals surface area contributed by atoms with Crippen LogP contribution in [-0.2, 0) is 31.4 Å². The molecule has 2 aromatic carbocycles. The predicted octanol–water partition coefficient (Wildman–Crippen LogP) is 7.17. The van der Waals surface area contributed by atoms with Crippen molar-refractivity contribution < 1.29 is 43.2 Å². The van der Waals surface area contributed by atoms with Crippen molar-refractivity contribution in [3.63, 3.8) is 0 Å². The van der Waals surface area contributed by atoms with E-state index in [-0.39, 0.29) is 22.5 Å². The van der Waals surface area contributed by atoms with E-state index in [2.05, 4.69) is 14.7 Å². The highest BCUT2D eigenvalue weighted by Gasteiger charge is 2.34. The minimum absolute atomic E-state index is 0.0495. The molecule has 0 radical (unpaired) electrons. The zero-order chi connectivity index (χ0) is 37.5. The van der Waals surface area contributed by atoms with Gasteiger partial charge in [-0.15, -0.1) is 0 Å². The van der Waals surface area contributed by atoms with Crippen LogP contribution in [-0.4, -0.2) is 26.8 Å². The third kappa shape index (κ3) is 11.3. The fourth-order valence-corrected chi connectivity index (χ4v) is 5.62. The van der Waals surface area contributed by atoms with Gasteiger partial charge in [0.25, 0.3) is 19.1 Å². The van der Waals surface area contributed by atoms with E-state index in [4.69, 9.17) is 26.9 Å². The number of aryl methyl sites for hydroxylation is 4. The molecular weight excluding hydrogens is 722 g/mol. The van der Waals surface area contributed by atoms with Crippen LogP contribution in [0.4, 0.5) is 37.7 Å². The molecular formula is C30H25ClF6N6O4S2. The second kappa shape index (κ2) is 15.5. The number of nitrogen functional groups attached to an aromatic ring is 1. The van der Waals surface area contributed by atoms with E-state index in [0.29, 0.717) is 29.1 Å². The zero-order valence-corrected chi connectivity index (χ0v) is 28.1. The molecule has 260 valence electrons. The molecule has 0 aliphatic carbocycles. The number of nitrogens with zero attached hydrogens (tertiary/aromatic N) is 4. The highest BCUT2D eigenvalue weighted by molar-refractivity contribution is 8.13. The van der Waals surface area contributed by atoms with E-state index < -0.39 is 52.3 Å². The summed E-state index contributed by atoms with van der Waals surface area (Å²) in [7, 11) is -3.50. The smallest absolute Gasteiger partial charge is 0.396 e. The Morgan fingerprint density at radius 1 is 0.714 bits per heavy atom. The first kappa shape index (κ1) is 40.3. The molecule has 0 atom stereocenters. The molecule has 0 aliphatic rings. The molecule has 0 bridgehead atoms. The number of hydrogen-bond donors (Lipinski definition) is 2. The molecule has 0 fully saturated rings. The van der Waals surface area contributed by atoms with Gasteiger partial charge >= 0.3 is 12.4 Å². The van der Waals surface area contributed by atoms with Gasteiger partial charge in [-0.2, -0.15) is 36.9 Å². The summed E-state index contributed by atoms with van der Waals surface area (Å²) in [5, 5.41) is 17.4. The lowest BCUT2D eigenvalue weighted by molar-refractivity contribution is -0.139. The summed E-state index contributed by atoms with van der Waals surface area (Å²) < 4.78 is 124. The topological polar surface area (TPSA) is 180 Å². The van der Waals surface area contributed by atoms with Gasteiger partial charge in [0.1, 0.15) is 12.1 Å². The molecule has 0 spiro atoms. The number of alkyl halides is 6. The summed E-state index contributed by atoms with van der Waals surface area (Å²) in [6.07, 6.45) is -6.25. The van der Waals surface area contributed by atoms with E-state index in [1.54, 1.807) is 25.3 Å². The van der Waals surface area contributed by atoms with Crippen LogP contribution in [0.1, 0.15) is 44.8 Å². The Morgan fingerprint density at radius 2 is 1.14 bits per heavy atom. The van der Waals surface area contributed by atoms with Crippen molar-refractivity contribution >= 4 is 41.1 Å². The van der Waals surface area contributed by atoms with Crippen molar-refractivity contribution in [3.05, 3.63) is 106 Å². The SMILES string of the molecule is Cc1ccc(S(=O)(=O)Cl)cc1C(F)(F)F.Cc1cnc(C#N)c(N)c1.Cc1cnc(C#N)c(NS(=O)(=O)c2ccc(C)c(C(F)(F)F)c2)c1. The number of rotatable bonds is 4. The third-order valence-electron chi connectivity index (χ3n) is 6.16. The number of sulfonamides is 1. The second-order valence-electron chi connectivity index (χ2n) is 10.1. The fourth-order valence-electron chi connectivity index (χ4n) is 3.76. The first-order valence-corrected chi connectivity index (χ1v) is 17.0. The maximum absolute atomic E-state index is 12.9. The molecule has 0 unspecified atom stereocenters. The van der Waals surface area contributed by atoms with Gasteiger partial charge in [-0.3, -0.25) is 4.72 Å². The molecule has 49 heavy (non-hydrogen) atoms. The fraction of sp³-hybridized carbons (Fsp3) is 0.200. The Kier molecular flexibility index (Phi) is 12.8. The quantitative estimate of drug-likeness (QED) is 0.162. The van der Waals surface area contributed by atoms with Crippen molar-refractivity contribution in [1.29, 1.82) is 10.5 Å². The van der Waals surface area contributed by atoms with Crippen molar-refractivity contribution in [2.75, 3.05) is 10.5 Å². The van der Waals surface area contributed by atoms with Gasteiger partial charge in [0.2, 0.25) is 0 Å². The largest absolute Gasteiger partial charge is 0.416 e. The van der Waals surface area contributed by atoms with Crippen molar-refractivity contribution in [3.8, 4) is 12.1 Å². The maximum Gasteiger partial charge on any atom is 0.416 e. The molecule has 2 aromatic heterocycles. The Balaban J connectivity index is 0.000000283. The van der Waals surface area contributed by atoms with E-state index in [9.17, 15) is 43.2 Å². The van der Waals surface area contributed by atoms with Crippen LogP contribution < -0.4 is 10.5 Å². The average Bonchev–Trinajstić information content (AvgIpc) is 2.96. The molecule has 4 aromatic rings. The lowest BCUT2D eigenvalue weighted by atomic mass is 10.1. The number of nitriles is 2. The van der Waals surface area contributed by atoms with Crippen LogP contribution in [0.15, 0.2) is 70.7 Å². The minimum Gasteiger partial charge on any atom is -0.396 e. The summed E-state index contributed by atoms with van der Waals surface area (Å²) >= 11 is 0. The number of anilines is 2. The van der Waals surface area contributed by atoms with Gasteiger partial charge in [-0.05, 0) is 86.3 Å². The van der Waals surface area contributed by atoms with Crippen LogP contribution in [0.2, 0.25) is 0 Å². The Labute approximate surface area is 282 Å². The highest BCUT2D eigenvalue weighted by Crippen LogP contribution is 2.35. The number of hydrogen-bond acceptors (Lipinski definition) is 9. The standard InChI is InChI=1S/C15H12F3N3O2S.C8H6ClF3O2S.C7H7N3/c1-9-5-13(14(7-19)20-8-9)21-24(22,23)11-4-3-10(2)12(6-11)15(16,17)18;1-5-2-3-6(15(9,13)14)4-7(5)8(10,11)12;1-5-2-6(9)7(3-8)10-4-5/h3-6,8,21H,1-2H3;2-4H,1H3;2,4H,9H2,1H3. The highest BCUT2D eigenvalue weighted by atomic mass is 35.7. The lowest BCUT2D eigenvalue weighted by Gasteiger charge is -2.14. The van der Waals surface area contributed by atoms with E-state index >= 15 is 0 Å². The molecule has 0 saturated heterocycles. The van der Waals surface area contributed by atoms with Gasteiger partial charge in [-0.25, -0.2) is 26.8 Å². The molecule has 4 rings (SSSR count). The van der Waals surface area contributed by atoms with Crippen LogP contribution in [0.5, 0.6) is 0 Å². The lowest BCUT2D eigenvalue weighted by Crippen LogP contribution is -2.16. The van der Waals surface area contributed by atoms with Gasteiger partial charge in [0.15, 0.2) is 11.4 Å². The molecule has 0 saturated carbocycles. The number of nitrogens with two attached hydrogens (primary N) is 1. The summed E-state index contributed by atoms with van der Waals surface area (Å²) in [6.45, 7) is 6.00. The molecule has 19 heteroatoms. The summed E-state index contributed by atoms with van der Waals surface area (Å²) in [4.78, 5) is 6.48.